The Balaban J connectivity index is 2.12. The van der Waals surface area contributed by atoms with Crippen molar-refractivity contribution in [3.8, 4) is 0 Å². The molecule has 24 heavy (non-hydrogen) atoms. The maximum atomic E-state index is 10.1. The Morgan fingerprint density at radius 3 is 2.17 bits per heavy atom. The van der Waals surface area contributed by atoms with Crippen LogP contribution < -0.4 is 17.2 Å². The summed E-state index contributed by atoms with van der Waals surface area (Å²) in [6.07, 6.45) is -10.7. The topological polar surface area (TPSA) is 218 Å². The maximum absolute atomic E-state index is 10.1. The van der Waals surface area contributed by atoms with Crippen molar-refractivity contribution in [3.63, 3.8) is 0 Å². The fourth-order valence-electron chi connectivity index (χ4n) is 3.08. The van der Waals surface area contributed by atoms with Gasteiger partial charge in [0.2, 0.25) is 0 Å². The molecule has 0 aromatic rings. The van der Waals surface area contributed by atoms with Gasteiger partial charge in [-0.2, -0.15) is 0 Å². The highest BCUT2D eigenvalue weighted by Gasteiger charge is 2.49. The monoisotopic (exact) mass is 353 g/mol. The van der Waals surface area contributed by atoms with Crippen LogP contribution in [0.25, 0.3) is 0 Å². The Morgan fingerprint density at radius 2 is 1.58 bits per heavy atom. The highest BCUT2D eigenvalue weighted by atomic mass is 16.7. The average Bonchev–Trinajstić information content (AvgIpc) is 2.55. The Kier molecular flexibility index (Phi) is 6.50. The Bertz CT molecular complexity index is 419. The Hall–Kier alpha value is -0.440. The molecule has 2 rings (SSSR count). The van der Waals surface area contributed by atoms with Crippen LogP contribution in [0.2, 0.25) is 0 Å². The smallest absolute Gasteiger partial charge is 0.176 e. The minimum atomic E-state index is -1.54. The largest absolute Gasteiger partial charge is 0.394 e. The van der Waals surface area contributed by atoms with Gasteiger partial charge < -0.3 is 57.3 Å². The van der Waals surface area contributed by atoms with Gasteiger partial charge in [-0.25, -0.2) is 0 Å². The van der Waals surface area contributed by atoms with Gasteiger partial charge in [0.05, 0.1) is 18.8 Å². The molecule has 0 aromatic heterocycles. The van der Waals surface area contributed by atoms with Crippen molar-refractivity contribution in [1.82, 2.24) is 0 Å². The lowest BCUT2D eigenvalue weighted by atomic mass is 9.84. The molecular formula is C13H27N3O8. The van der Waals surface area contributed by atoms with Crippen LogP contribution in [-0.2, 0) is 9.47 Å². The van der Waals surface area contributed by atoms with Crippen LogP contribution in [0.1, 0.15) is 6.42 Å². The normalized spacial score (nSPS) is 51.4. The van der Waals surface area contributed by atoms with E-state index in [1.807, 2.05) is 0 Å². The van der Waals surface area contributed by atoms with Crippen LogP contribution >= 0.6 is 0 Å². The van der Waals surface area contributed by atoms with Crippen LogP contribution in [0.15, 0.2) is 0 Å². The highest BCUT2D eigenvalue weighted by molar-refractivity contribution is 5.00. The van der Waals surface area contributed by atoms with E-state index in [0.29, 0.717) is 0 Å². The maximum Gasteiger partial charge on any atom is 0.176 e. The van der Waals surface area contributed by atoms with Crippen LogP contribution in [0.4, 0.5) is 0 Å². The third-order valence-corrected chi connectivity index (χ3v) is 4.64. The predicted molar refractivity (Wildman–Crippen MR) is 79.2 cm³/mol. The van der Waals surface area contributed by atoms with Gasteiger partial charge in [0, 0.05) is 12.1 Å². The molecule has 1 heterocycles. The second-order valence-corrected chi connectivity index (χ2v) is 6.42. The van der Waals surface area contributed by atoms with E-state index in [-0.39, 0.29) is 6.42 Å². The van der Waals surface area contributed by atoms with Crippen molar-refractivity contribution in [2.75, 3.05) is 6.61 Å². The lowest BCUT2D eigenvalue weighted by Crippen LogP contribution is -2.68. The number of hydrogen-bond acceptors (Lipinski definition) is 11. The van der Waals surface area contributed by atoms with Gasteiger partial charge in [0.15, 0.2) is 6.29 Å². The van der Waals surface area contributed by atoms with Crippen LogP contribution in [0.5, 0.6) is 0 Å². The molecule has 11 nitrogen and oxygen atoms in total. The van der Waals surface area contributed by atoms with Gasteiger partial charge in [0.1, 0.15) is 36.6 Å². The molecule has 1 saturated carbocycles. The quantitative estimate of drug-likeness (QED) is 0.232. The van der Waals surface area contributed by atoms with Gasteiger partial charge >= 0.3 is 0 Å². The second kappa shape index (κ2) is 7.85. The third-order valence-electron chi connectivity index (χ3n) is 4.64. The molecule has 1 aliphatic carbocycles. The number of aliphatic hydroxyl groups is 6. The summed E-state index contributed by atoms with van der Waals surface area (Å²) in [6, 6.07) is -2.64. The molecule has 2 aliphatic rings. The summed E-state index contributed by atoms with van der Waals surface area (Å²) in [6.45, 7) is -0.713. The summed E-state index contributed by atoms with van der Waals surface area (Å²) in [7, 11) is 0. The van der Waals surface area contributed by atoms with E-state index in [4.69, 9.17) is 31.8 Å². The molecule has 0 amide bonds. The SMILES string of the molecule is NC1C[C@@H](N)[C@@H](O)C(O)[C@@H]1O[C@H]1OC([C@H](O)CO)[C@@H](O)[C@H](O)C1N. The zero-order chi connectivity index (χ0) is 18.2. The minimum absolute atomic E-state index is 0.179. The van der Waals surface area contributed by atoms with Crippen molar-refractivity contribution in [2.24, 2.45) is 17.2 Å². The Morgan fingerprint density at radius 1 is 0.958 bits per heavy atom. The van der Waals surface area contributed by atoms with E-state index < -0.39 is 73.8 Å². The first kappa shape index (κ1) is 19.9. The zero-order valence-corrected chi connectivity index (χ0v) is 13.0. The molecule has 4 unspecified atom stereocenters. The van der Waals surface area contributed by atoms with Gasteiger partial charge in [-0.15, -0.1) is 0 Å². The number of rotatable bonds is 4. The minimum Gasteiger partial charge on any atom is -0.394 e. The first-order valence-corrected chi connectivity index (χ1v) is 7.77. The van der Waals surface area contributed by atoms with E-state index in [1.165, 1.54) is 0 Å². The first-order chi connectivity index (χ1) is 11.2. The molecule has 11 heteroatoms. The standard InChI is InChI=1S/C13H27N3O8/c14-3-1-4(15)11(9(21)7(3)19)23-13-6(16)8(20)10(22)12(24-13)5(18)2-17/h3-13,17-22H,1-2,14-16H2/t3-,4?,5-,6?,7-,8-,9?,10+,11-,12?,13+/m1/s1. The van der Waals surface area contributed by atoms with E-state index in [0.717, 1.165) is 0 Å². The fraction of sp³-hybridized carbons (Fsp3) is 1.00. The summed E-state index contributed by atoms with van der Waals surface area (Å²) in [5.74, 6) is 0. The van der Waals surface area contributed by atoms with Crippen molar-refractivity contribution in [1.29, 1.82) is 0 Å². The van der Waals surface area contributed by atoms with Crippen molar-refractivity contribution in [2.45, 2.75) is 73.6 Å². The fourth-order valence-corrected chi connectivity index (χ4v) is 3.08. The number of aliphatic hydroxyl groups excluding tert-OH is 6. The summed E-state index contributed by atoms with van der Waals surface area (Å²) >= 11 is 0. The molecule has 0 radical (unpaired) electrons. The van der Waals surface area contributed by atoms with Crippen molar-refractivity contribution >= 4 is 0 Å². The first-order valence-electron chi connectivity index (χ1n) is 7.77. The molecule has 1 aliphatic heterocycles. The van der Waals surface area contributed by atoms with Crippen LogP contribution in [-0.4, -0.2) is 104 Å². The predicted octanol–water partition coefficient (Wildman–Crippen LogP) is -5.72. The molecular weight excluding hydrogens is 326 g/mol. The van der Waals surface area contributed by atoms with Gasteiger partial charge in [-0.1, -0.05) is 0 Å². The summed E-state index contributed by atoms with van der Waals surface area (Å²) in [5.41, 5.74) is 17.3. The van der Waals surface area contributed by atoms with E-state index in [9.17, 15) is 25.5 Å². The summed E-state index contributed by atoms with van der Waals surface area (Å²) in [4.78, 5) is 0. The number of nitrogens with two attached hydrogens (primary N) is 3. The third kappa shape index (κ3) is 3.71. The van der Waals surface area contributed by atoms with Crippen LogP contribution in [0, 0.1) is 0 Å². The zero-order valence-electron chi connectivity index (χ0n) is 13.0. The highest BCUT2D eigenvalue weighted by Crippen LogP contribution is 2.28. The second-order valence-electron chi connectivity index (χ2n) is 6.42. The van der Waals surface area contributed by atoms with E-state index in [2.05, 4.69) is 0 Å². The van der Waals surface area contributed by atoms with Crippen molar-refractivity contribution < 1.29 is 40.1 Å². The van der Waals surface area contributed by atoms with Crippen LogP contribution in [0.3, 0.4) is 0 Å². The lowest BCUT2D eigenvalue weighted by molar-refractivity contribution is -0.303. The Labute approximate surface area is 138 Å². The van der Waals surface area contributed by atoms with E-state index in [1.54, 1.807) is 0 Å². The molecule has 142 valence electrons. The lowest BCUT2D eigenvalue weighted by Gasteiger charge is -2.46. The molecule has 0 spiro atoms. The van der Waals surface area contributed by atoms with Gasteiger partial charge in [-0.05, 0) is 6.42 Å². The summed E-state index contributed by atoms with van der Waals surface area (Å²) in [5, 5.41) is 58.6. The van der Waals surface area contributed by atoms with Gasteiger partial charge in [0.25, 0.3) is 0 Å². The molecule has 12 N–H and O–H groups in total. The number of hydrogen-bond donors (Lipinski definition) is 9. The molecule has 0 bridgehead atoms. The van der Waals surface area contributed by atoms with Gasteiger partial charge in [-0.3, -0.25) is 0 Å². The summed E-state index contributed by atoms with van der Waals surface area (Å²) < 4.78 is 10.9. The average molecular weight is 353 g/mol. The molecule has 2 fully saturated rings. The van der Waals surface area contributed by atoms with E-state index >= 15 is 0 Å². The molecule has 1 saturated heterocycles. The number of ether oxygens (including phenoxy) is 2. The molecule has 11 atom stereocenters. The van der Waals surface area contributed by atoms with Crippen molar-refractivity contribution in [3.05, 3.63) is 0 Å². The molecule has 0 aromatic carbocycles.